The molecule has 1 aliphatic rings. The van der Waals surface area contributed by atoms with E-state index in [4.69, 9.17) is 4.74 Å². The maximum atomic E-state index is 13.6. The maximum absolute atomic E-state index is 13.6. The molecule has 0 aliphatic carbocycles. The number of methoxy groups -OCH3 is 1. The highest BCUT2D eigenvalue weighted by atomic mass is 32.2. The number of rotatable bonds is 4. The molecule has 1 unspecified atom stereocenters. The van der Waals surface area contributed by atoms with Gasteiger partial charge in [0.1, 0.15) is 16.5 Å². The van der Waals surface area contributed by atoms with Crippen molar-refractivity contribution in [2.24, 2.45) is 7.05 Å². The number of nitrogens with zero attached hydrogens (tertiary/aromatic N) is 3. The summed E-state index contributed by atoms with van der Waals surface area (Å²) in [6.45, 7) is 0.740. The van der Waals surface area contributed by atoms with Crippen LogP contribution in [0.1, 0.15) is 24.5 Å². The van der Waals surface area contributed by atoms with Crippen LogP contribution in [0.2, 0.25) is 0 Å². The second-order valence-electron chi connectivity index (χ2n) is 5.91. The number of aryl methyl sites for hydroxylation is 1. The lowest BCUT2D eigenvalue weighted by atomic mass is 9.96. The van der Waals surface area contributed by atoms with E-state index < -0.39 is 15.8 Å². The van der Waals surface area contributed by atoms with E-state index in [9.17, 15) is 12.8 Å². The van der Waals surface area contributed by atoms with Gasteiger partial charge in [0.15, 0.2) is 0 Å². The van der Waals surface area contributed by atoms with Gasteiger partial charge >= 0.3 is 0 Å². The number of hydrogen-bond donors (Lipinski definition) is 0. The van der Waals surface area contributed by atoms with Crippen molar-refractivity contribution in [3.63, 3.8) is 0 Å². The maximum Gasteiger partial charge on any atom is 0.246 e. The molecule has 0 N–H and O–H groups in total. The topological polar surface area (TPSA) is 64.4 Å². The van der Waals surface area contributed by atoms with Crippen molar-refractivity contribution in [3.05, 3.63) is 42.0 Å². The van der Waals surface area contributed by atoms with Crippen LogP contribution in [0.3, 0.4) is 0 Å². The van der Waals surface area contributed by atoms with Crippen molar-refractivity contribution < 1.29 is 17.5 Å². The molecule has 0 bridgehead atoms. The average molecular weight is 353 g/mol. The quantitative estimate of drug-likeness (QED) is 0.845. The Morgan fingerprint density at radius 3 is 2.79 bits per heavy atom. The largest absolute Gasteiger partial charge is 0.495 e. The minimum atomic E-state index is -3.83. The molecule has 0 saturated carbocycles. The second kappa shape index (κ2) is 6.52. The van der Waals surface area contributed by atoms with Crippen LogP contribution in [0.25, 0.3) is 0 Å². The number of piperidine rings is 1. The molecule has 130 valence electrons. The summed E-state index contributed by atoms with van der Waals surface area (Å²) in [7, 11) is -0.622. The fraction of sp³-hybridized carbons (Fsp3) is 0.438. The molecule has 2 aromatic rings. The van der Waals surface area contributed by atoms with Crippen molar-refractivity contribution in [3.8, 4) is 5.75 Å². The van der Waals surface area contributed by atoms with Crippen LogP contribution in [0.5, 0.6) is 5.75 Å². The van der Waals surface area contributed by atoms with Crippen molar-refractivity contribution >= 4 is 10.0 Å². The normalized spacial score (nSPS) is 19.4. The van der Waals surface area contributed by atoms with E-state index in [0.717, 1.165) is 24.6 Å². The molecule has 1 aliphatic heterocycles. The number of sulfonamides is 1. The molecule has 3 rings (SSSR count). The van der Waals surface area contributed by atoms with Crippen molar-refractivity contribution in [1.82, 2.24) is 14.1 Å². The molecule has 24 heavy (non-hydrogen) atoms. The second-order valence-corrected chi connectivity index (χ2v) is 7.82. The monoisotopic (exact) mass is 353 g/mol. The molecule has 1 fully saturated rings. The Morgan fingerprint density at radius 1 is 1.33 bits per heavy atom. The van der Waals surface area contributed by atoms with Crippen LogP contribution in [-0.2, 0) is 17.1 Å². The Labute approximate surface area is 140 Å². The Morgan fingerprint density at radius 2 is 2.12 bits per heavy atom. The zero-order chi connectivity index (χ0) is 17.3. The first-order chi connectivity index (χ1) is 11.4. The molecular weight excluding hydrogens is 333 g/mol. The van der Waals surface area contributed by atoms with Gasteiger partial charge in [-0.2, -0.15) is 9.40 Å². The van der Waals surface area contributed by atoms with E-state index in [1.165, 1.54) is 23.5 Å². The predicted molar refractivity (Wildman–Crippen MR) is 86.9 cm³/mol. The van der Waals surface area contributed by atoms with E-state index in [1.807, 2.05) is 19.3 Å². The predicted octanol–water partition coefficient (Wildman–Crippen LogP) is 2.14. The lowest BCUT2D eigenvalue weighted by Crippen LogP contribution is -2.39. The van der Waals surface area contributed by atoms with Crippen LogP contribution >= 0.6 is 0 Å². The Hall–Kier alpha value is -1.93. The molecular formula is C16H20FN3O3S. The summed E-state index contributed by atoms with van der Waals surface area (Å²) in [5.74, 6) is -0.418. The first-order valence-corrected chi connectivity index (χ1v) is 9.19. The summed E-state index contributed by atoms with van der Waals surface area (Å²) >= 11 is 0. The van der Waals surface area contributed by atoms with Gasteiger partial charge < -0.3 is 4.74 Å². The average Bonchev–Trinajstić information content (AvgIpc) is 3.01. The van der Waals surface area contributed by atoms with Crippen LogP contribution in [0.15, 0.2) is 35.4 Å². The third-order valence-corrected chi connectivity index (χ3v) is 6.17. The van der Waals surface area contributed by atoms with Crippen LogP contribution in [-0.4, -0.2) is 42.7 Å². The van der Waals surface area contributed by atoms with E-state index in [2.05, 4.69) is 5.10 Å². The van der Waals surface area contributed by atoms with Gasteiger partial charge in [0.25, 0.3) is 0 Å². The van der Waals surface area contributed by atoms with Gasteiger partial charge in [-0.15, -0.1) is 0 Å². The van der Waals surface area contributed by atoms with E-state index in [-0.39, 0.29) is 16.6 Å². The van der Waals surface area contributed by atoms with Crippen LogP contribution in [0.4, 0.5) is 4.39 Å². The first kappa shape index (κ1) is 16.9. The minimum Gasteiger partial charge on any atom is -0.495 e. The highest BCUT2D eigenvalue weighted by Crippen LogP contribution is 2.32. The summed E-state index contributed by atoms with van der Waals surface area (Å²) in [5.41, 5.74) is 0.878. The Balaban J connectivity index is 1.91. The van der Waals surface area contributed by atoms with Gasteiger partial charge in [-0.1, -0.05) is 0 Å². The summed E-state index contributed by atoms with van der Waals surface area (Å²) in [4.78, 5) is -0.133. The fourth-order valence-electron chi connectivity index (χ4n) is 3.04. The minimum absolute atomic E-state index is 0.0364. The molecule has 1 aromatic carbocycles. The Kier molecular flexibility index (Phi) is 4.60. The van der Waals surface area contributed by atoms with Crippen molar-refractivity contribution in [2.45, 2.75) is 23.7 Å². The third-order valence-electron chi connectivity index (χ3n) is 4.28. The lowest BCUT2D eigenvalue weighted by molar-refractivity contribution is 0.309. The molecule has 6 nitrogen and oxygen atoms in total. The van der Waals surface area contributed by atoms with Crippen molar-refractivity contribution in [1.29, 1.82) is 0 Å². The number of benzene rings is 1. The van der Waals surface area contributed by atoms with Gasteiger partial charge in [0, 0.05) is 32.3 Å². The van der Waals surface area contributed by atoms with Crippen molar-refractivity contribution in [2.75, 3.05) is 20.2 Å². The van der Waals surface area contributed by atoms with Gasteiger partial charge in [0.05, 0.1) is 12.8 Å². The van der Waals surface area contributed by atoms with E-state index in [0.29, 0.717) is 13.1 Å². The van der Waals surface area contributed by atoms with Crippen LogP contribution < -0.4 is 4.74 Å². The number of aromatic nitrogens is 2. The molecule has 0 radical (unpaired) electrons. The zero-order valence-electron chi connectivity index (χ0n) is 13.6. The Bertz CT molecular complexity index is 835. The SMILES string of the molecule is COc1ccc(F)cc1S(=O)(=O)N1CCCC(c2ccn(C)n2)C1. The van der Waals surface area contributed by atoms with Gasteiger partial charge in [-0.25, -0.2) is 12.8 Å². The summed E-state index contributed by atoms with van der Waals surface area (Å²) in [6, 6.07) is 5.44. The van der Waals surface area contributed by atoms with E-state index >= 15 is 0 Å². The standard InChI is InChI=1S/C16H20FN3O3S/c1-19-9-7-14(18-19)12-4-3-8-20(11-12)24(21,22)16-10-13(17)5-6-15(16)23-2/h5-7,9-10,12H,3-4,8,11H2,1-2H3. The van der Waals surface area contributed by atoms with Gasteiger partial charge in [-0.05, 0) is 37.1 Å². The van der Waals surface area contributed by atoms with E-state index in [1.54, 1.807) is 4.68 Å². The smallest absolute Gasteiger partial charge is 0.246 e. The number of halogens is 1. The molecule has 2 heterocycles. The summed E-state index contributed by atoms with van der Waals surface area (Å²) < 4.78 is 47.7. The first-order valence-electron chi connectivity index (χ1n) is 7.75. The fourth-order valence-corrected chi connectivity index (χ4v) is 4.74. The summed E-state index contributed by atoms with van der Waals surface area (Å²) in [5, 5.41) is 4.38. The molecule has 1 saturated heterocycles. The number of ether oxygens (including phenoxy) is 1. The molecule has 8 heteroatoms. The van der Waals surface area contributed by atoms with Crippen LogP contribution in [0, 0.1) is 5.82 Å². The van der Waals surface area contributed by atoms with Gasteiger partial charge in [0.2, 0.25) is 10.0 Å². The highest BCUT2D eigenvalue weighted by Gasteiger charge is 2.33. The molecule has 1 atom stereocenters. The number of hydrogen-bond acceptors (Lipinski definition) is 4. The highest BCUT2D eigenvalue weighted by molar-refractivity contribution is 7.89. The molecule has 0 spiro atoms. The third kappa shape index (κ3) is 3.16. The summed E-state index contributed by atoms with van der Waals surface area (Å²) in [6.07, 6.45) is 3.46. The molecule has 0 amide bonds. The zero-order valence-corrected chi connectivity index (χ0v) is 14.5. The lowest BCUT2D eigenvalue weighted by Gasteiger charge is -2.31. The van der Waals surface area contributed by atoms with Gasteiger partial charge in [-0.3, -0.25) is 4.68 Å². The molecule has 1 aromatic heterocycles.